The highest BCUT2D eigenvalue weighted by molar-refractivity contribution is 5.45. The molecule has 2 aliphatic rings. The Morgan fingerprint density at radius 3 is 2.92 bits per heavy atom. The van der Waals surface area contributed by atoms with E-state index in [2.05, 4.69) is 56.9 Å². The van der Waals surface area contributed by atoms with E-state index >= 15 is 0 Å². The Morgan fingerprint density at radius 2 is 2.12 bits per heavy atom. The Labute approximate surface area is 146 Å². The molecular formula is C22H29NO. The molecule has 3 rings (SSSR count). The van der Waals surface area contributed by atoms with Gasteiger partial charge >= 0.3 is 0 Å². The van der Waals surface area contributed by atoms with Crippen molar-refractivity contribution in [2.75, 3.05) is 6.54 Å². The van der Waals surface area contributed by atoms with E-state index in [1.807, 2.05) is 0 Å². The second-order valence-electron chi connectivity index (χ2n) is 7.70. The van der Waals surface area contributed by atoms with E-state index < -0.39 is 0 Å². The third-order valence-electron chi connectivity index (χ3n) is 5.41. The van der Waals surface area contributed by atoms with E-state index in [-0.39, 0.29) is 5.60 Å². The molecule has 1 aromatic rings. The van der Waals surface area contributed by atoms with Crippen molar-refractivity contribution in [3.8, 4) is 17.6 Å². The maximum Gasteiger partial charge on any atom is 0.123 e. The fourth-order valence-electron chi connectivity index (χ4n) is 4.05. The number of hydrogen-bond acceptors (Lipinski definition) is 2. The predicted octanol–water partition coefficient (Wildman–Crippen LogP) is 4.58. The second kappa shape index (κ2) is 7.03. The second-order valence-corrected chi connectivity index (χ2v) is 7.70. The fraction of sp³-hybridized carbons (Fsp3) is 0.545. The minimum Gasteiger partial charge on any atom is -0.487 e. The summed E-state index contributed by atoms with van der Waals surface area (Å²) in [4.78, 5) is 0. The van der Waals surface area contributed by atoms with Crippen molar-refractivity contribution in [2.24, 2.45) is 11.7 Å². The molecule has 24 heavy (non-hydrogen) atoms. The summed E-state index contributed by atoms with van der Waals surface area (Å²) < 4.78 is 6.42. The van der Waals surface area contributed by atoms with Gasteiger partial charge in [-0.05, 0) is 69.7 Å². The van der Waals surface area contributed by atoms with Crippen molar-refractivity contribution in [1.82, 2.24) is 0 Å². The van der Waals surface area contributed by atoms with Gasteiger partial charge in [0.25, 0.3) is 0 Å². The molecule has 2 nitrogen and oxygen atoms in total. The highest BCUT2D eigenvalue weighted by Gasteiger charge is 2.44. The summed E-state index contributed by atoms with van der Waals surface area (Å²) in [7, 11) is 0. The van der Waals surface area contributed by atoms with Gasteiger partial charge in [0, 0.05) is 18.8 Å². The lowest BCUT2D eigenvalue weighted by Gasteiger charge is -2.47. The van der Waals surface area contributed by atoms with Gasteiger partial charge in [-0.1, -0.05) is 29.7 Å². The molecular weight excluding hydrogens is 294 g/mol. The average molecular weight is 323 g/mol. The minimum absolute atomic E-state index is 0.111. The monoisotopic (exact) mass is 323 g/mol. The van der Waals surface area contributed by atoms with Crippen LogP contribution in [0.5, 0.6) is 5.75 Å². The zero-order valence-electron chi connectivity index (χ0n) is 15.2. The first-order valence-electron chi connectivity index (χ1n) is 9.14. The van der Waals surface area contributed by atoms with Gasteiger partial charge in [0.15, 0.2) is 0 Å². The van der Waals surface area contributed by atoms with Crippen molar-refractivity contribution >= 4 is 0 Å². The van der Waals surface area contributed by atoms with Crippen LogP contribution in [0.25, 0.3) is 0 Å². The molecule has 0 spiro atoms. The van der Waals surface area contributed by atoms with Gasteiger partial charge in [0.05, 0.1) is 0 Å². The van der Waals surface area contributed by atoms with Crippen molar-refractivity contribution in [3.05, 3.63) is 41.0 Å². The number of benzene rings is 1. The molecule has 0 bridgehead atoms. The molecule has 0 aromatic heterocycles. The first kappa shape index (κ1) is 17.1. The number of fused-ring (bicyclic) bond motifs is 3. The van der Waals surface area contributed by atoms with Gasteiger partial charge < -0.3 is 10.5 Å². The van der Waals surface area contributed by atoms with Crippen LogP contribution in [0.4, 0.5) is 0 Å². The Hall–Kier alpha value is -1.72. The molecule has 0 unspecified atom stereocenters. The summed E-state index contributed by atoms with van der Waals surface area (Å²) in [6, 6.07) is 6.71. The highest BCUT2D eigenvalue weighted by atomic mass is 16.5. The number of allylic oxidation sites excluding steroid dienone is 2. The van der Waals surface area contributed by atoms with Crippen LogP contribution >= 0.6 is 0 Å². The fourth-order valence-corrected chi connectivity index (χ4v) is 4.05. The lowest BCUT2D eigenvalue weighted by atomic mass is 9.67. The lowest BCUT2D eigenvalue weighted by Crippen LogP contribution is -2.45. The zero-order valence-corrected chi connectivity index (χ0v) is 15.2. The van der Waals surface area contributed by atoms with Crippen molar-refractivity contribution in [1.29, 1.82) is 0 Å². The SMILES string of the molecule is CC1=CC[C@@H]2[C@@H](C1)c1ccc(CC#CCCCN)cc1OC2(C)C. The van der Waals surface area contributed by atoms with E-state index in [0.29, 0.717) is 18.4 Å². The third kappa shape index (κ3) is 3.52. The van der Waals surface area contributed by atoms with Crippen LogP contribution in [-0.2, 0) is 6.42 Å². The number of hydrogen-bond donors (Lipinski definition) is 1. The van der Waals surface area contributed by atoms with E-state index in [1.54, 1.807) is 0 Å². The molecule has 128 valence electrons. The first-order valence-corrected chi connectivity index (χ1v) is 9.14. The van der Waals surface area contributed by atoms with Gasteiger partial charge in [0.1, 0.15) is 11.4 Å². The third-order valence-corrected chi connectivity index (χ3v) is 5.41. The molecule has 2 atom stereocenters. The normalized spacial score (nSPS) is 23.9. The molecule has 0 saturated heterocycles. The van der Waals surface area contributed by atoms with Gasteiger partial charge in [-0.3, -0.25) is 0 Å². The largest absolute Gasteiger partial charge is 0.487 e. The van der Waals surface area contributed by atoms with Crippen LogP contribution in [0.1, 0.15) is 63.5 Å². The maximum atomic E-state index is 6.42. The van der Waals surface area contributed by atoms with E-state index in [1.165, 1.54) is 16.7 Å². The van der Waals surface area contributed by atoms with Crippen LogP contribution in [0.15, 0.2) is 29.8 Å². The van der Waals surface area contributed by atoms with Crippen molar-refractivity contribution in [3.63, 3.8) is 0 Å². The topological polar surface area (TPSA) is 35.2 Å². The quantitative estimate of drug-likeness (QED) is 0.502. The van der Waals surface area contributed by atoms with Crippen molar-refractivity contribution in [2.45, 2.75) is 64.4 Å². The number of nitrogens with two attached hydrogens (primary N) is 1. The van der Waals surface area contributed by atoms with Crippen LogP contribution in [0, 0.1) is 17.8 Å². The summed E-state index contributed by atoms with van der Waals surface area (Å²) in [5, 5.41) is 0. The lowest BCUT2D eigenvalue weighted by molar-refractivity contribution is 0.00849. The van der Waals surface area contributed by atoms with E-state index in [9.17, 15) is 0 Å². The summed E-state index contributed by atoms with van der Waals surface area (Å²) in [5.74, 6) is 8.68. The number of unbranched alkanes of at least 4 members (excludes halogenated alkanes) is 1. The maximum absolute atomic E-state index is 6.42. The Kier molecular flexibility index (Phi) is 5.01. The Bertz CT molecular complexity index is 690. The molecule has 2 N–H and O–H groups in total. The number of ether oxygens (including phenoxy) is 1. The first-order chi connectivity index (χ1) is 11.5. The molecule has 0 radical (unpaired) electrons. The molecule has 1 aliphatic heterocycles. The average Bonchev–Trinajstić information content (AvgIpc) is 2.53. The molecule has 0 saturated carbocycles. The predicted molar refractivity (Wildman–Crippen MR) is 100 cm³/mol. The zero-order chi connectivity index (χ0) is 17.2. The summed E-state index contributed by atoms with van der Waals surface area (Å²) in [5.41, 5.74) is 9.52. The molecule has 1 heterocycles. The van der Waals surface area contributed by atoms with Crippen LogP contribution in [-0.4, -0.2) is 12.1 Å². The van der Waals surface area contributed by atoms with E-state index in [4.69, 9.17) is 10.5 Å². The minimum atomic E-state index is -0.111. The molecule has 1 aromatic carbocycles. The Morgan fingerprint density at radius 1 is 1.29 bits per heavy atom. The summed E-state index contributed by atoms with van der Waals surface area (Å²) >= 11 is 0. The molecule has 0 amide bonds. The molecule has 0 fully saturated rings. The van der Waals surface area contributed by atoms with Crippen LogP contribution < -0.4 is 10.5 Å². The van der Waals surface area contributed by atoms with Gasteiger partial charge in [-0.2, -0.15) is 0 Å². The summed E-state index contributed by atoms with van der Waals surface area (Å²) in [6.45, 7) is 7.44. The smallest absolute Gasteiger partial charge is 0.123 e. The standard InChI is InChI=1S/C22H29NO/c1-16-9-12-20-19(14-16)18-11-10-17(8-6-4-5-7-13-23)15-21(18)24-22(20,2)3/h9-11,15,19-20H,5,7-8,12-14,23H2,1-3H3/t19-,20+/m0/s1. The number of rotatable bonds is 3. The van der Waals surface area contributed by atoms with Crippen molar-refractivity contribution < 1.29 is 4.74 Å². The molecule has 2 heteroatoms. The van der Waals surface area contributed by atoms with E-state index in [0.717, 1.165) is 37.9 Å². The highest BCUT2D eigenvalue weighted by Crippen LogP contribution is 2.51. The van der Waals surface area contributed by atoms with Gasteiger partial charge in [0.2, 0.25) is 0 Å². The summed E-state index contributed by atoms with van der Waals surface area (Å²) in [6.07, 6.45) is 7.32. The Balaban J connectivity index is 1.82. The van der Waals surface area contributed by atoms with Gasteiger partial charge in [-0.15, -0.1) is 5.92 Å². The van der Waals surface area contributed by atoms with Crippen LogP contribution in [0.3, 0.4) is 0 Å². The molecule has 1 aliphatic carbocycles. The van der Waals surface area contributed by atoms with Gasteiger partial charge in [-0.25, -0.2) is 0 Å². The van der Waals surface area contributed by atoms with Crippen LogP contribution in [0.2, 0.25) is 0 Å².